The van der Waals surface area contributed by atoms with E-state index in [1.807, 2.05) is 13.0 Å². The quantitative estimate of drug-likeness (QED) is 0.849. The molecular weight excluding hydrogens is 202 g/mol. The SMILES string of the molecule is CCNc1nccc(OC2CCCCC2)n1. The molecule has 0 atom stereocenters. The van der Waals surface area contributed by atoms with Gasteiger partial charge in [0.05, 0.1) is 0 Å². The average molecular weight is 221 g/mol. The molecule has 4 heteroatoms. The molecule has 0 spiro atoms. The van der Waals surface area contributed by atoms with E-state index >= 15 is 0 Å². The first-order valence-electron chi connectivity index (χ1n) is 6.12. The van der Waals surface area contributed by atoms with E-state index in [1.165, 1.54) is 19.3 Å². The van der Waals surface area contributed by atoms with Crippen LogP contribution in [0.4, 0.5) is 5.95 Å². The van der Waals surface area contributed by atoms with Crippen LogP contribution in [-0.2, 0) is 0 Å². The summed E-state index contributed by atoms with van der Waals surface area (Å²) < 4.78 is 5.85. The summed E-state index contributed by atoms with van der Waals surface area (Å²) in [6.45, 7) is 2.85. The second-order valence-electron chi connectivity index (χ2n) is 4.13. The zero-order chi connectivity index (χ0) is 11.2. The van der Waals surface area contributed by atoms with Crippen molar-refractivity contribution in [3.05, 3.63) is 12.3 Å². The summed E-state index contributed by atoms with van der Waals surface area (Å²) in [7, 11) is 0. The van der Waals surface area contributed by atoms with Gasteiger partial charge in [-0.15, -0.1) is 0 Å². The molecule has 0 aromatic carbocycles. The van der Waals surface area contributed by atoms with E-state index in [4.69, 9.17) is 4.74 Å². The van der Waals surface area contributed by atoms with E-state index in [1.54, 1.807) is 6.20 Å². The van der Waals surface area contributed by atoms with E-state index in [0.29, 0.717) is 17.9 Å². The van der Waals surface area contributed by atoms with Crippen molar-refractivity contribution < 1.29 is 4.74 Å². The van der Waals surface area contributed by atoms with Gasteiger partial charge in [-0.1, -0.05) is 6.42 Å². The number of nitrogens with one attached hydrogen (secondary N) is 1. The minimum absolute atomic E-state index is 0.345. The molecule has 1 aliphatic rings. The van der Waals surface area contributed by atoms with Gasteiger partial charge in [-0.3, -0.25) is 0 Å². The molecule has 0 amide bonds. The molecule has 0 radical (unpaired) electrons. The Morgan fingerprint density at radius 2 is 2.19 bits per heavy atom. The van der Waals surface area contributed by atoms with Gasteiger partial charge in [0.15, 0.2) is 0 Å². The lowest BCUT2D eigenvalue weighted by Gasteiger charge is -2.22. The molecule has 2 rings (SSSR count). The largest absolute Gasteiger partial charge is 0.474 e. The van der Waals surface area contributed by atoms with Crippen LogP contribution in [0.5, 0.6) is 5.88 Å². The van der Waals surface area contributed by atoms with Gasteiger partial charge in [0.1, 0.15) is 6.10 Å². The van der Waals surface area contributed by atoms with Crippen molar-refractivity contribution in [2.45, 2.75) is 45.1 Å². The van der Waals surface area contributed by atoms with Gasteiger partial charge in [0.2, 0.25) is 11.8 Å². The van der Waals surface area contributed by atoms with Gasteiger partial charge >= 0.3 is 0 Å². The van der Waals surface area contributed by atoms with Gasteiger partial charge in [0.25, 0.3) is 0 Å². The topological polar surface area (TPSA) is 47.0 Å². The van der Waals surface area contributed by atoms with Crippen molar-refractivity contribution in [2.75, 3.05) is 11.9 Å². The Hall–Kier alpha value is -1.32. The zero-order valence-electron chi connectivity index (χ0n) is 9.78. The van der Waals surface area contributed by atoms with Crippen molar-refractivity contribution in [3.8, 4) is 5.88 Å². The summed E-state index contributed by atoms with van der Waals surface area (Å²) in [6, 6.07) is 1.83. The fourth-order valence-corrected chi connectivity index (χ4v) is 2.00. The zero-order valence-corrected chi connectivity index (χ0v) is 9.78. The average Bonchev–Trinajstić information content (AvgIpc) is 2.31. The van der Waals surface area contributed by atoms with Crippen LogP contribution in [0.3, 0.4) is 0 Å². The lowest BCUT2D eigenvalue weighted by Crippen LogP contribution is -2.20. The molecule has 88 valence electrons. The molecular formula is C12H19N3O. The molecule has 0 unspecified atom stereocenters. The fourth-order valence-electron chi connectivity index (χ4n) is 2.00. The predicted molar refractivity (Wildman–Crippen MR) is 63.7 cm³/mol. The highest BCUT2D eigenvalue weighted by atomic mass is 16.5. The molecule has 1 saturated carbocycles. The number of rotatable bonds is 4. The van der Waals surface area contributed by atoms with E-state index in [2.05, 4.69) is 15.3 Å². The van der Waals surface area contributed by atoms with E-state index < -0.39 is 0 Å². The van der Waals surface area contributed by atoms with E-state index in [9.17, 15) is 0 Å². The lowest BCUT2D eigenvalue weighted by atomic mass is 9.98. The minimum atomic E-state index is 0.345. The molecule has 4 nitrogen and oxygen atoms in total. The maximum Gasteiger partial charge on any atom is 0.225 e. The van der Waals surface area contributed by atoms with Crippen LogP contribution >= 0.6 is 0 Å². The van der Waals surface area contributed by atoms with Gasteiger partial charge < -0.3 is 10.1 Å². The summed E-state index contributed by atoms with van der Waals surface area (Å²) in [5.74, 6) is 1.34. The highest BCUT2D eigenvalue weighted by Crippen LogP contribution is 2.22. The van der Waals surface area contributed by atoms with Crippen LogP contribution in [0.25, 0.3) is 0 Å². The first-order valence-corrected chi connectivity index (χ1v) is 6.12. The van der Waals surface area contributed by atoms with Crippen molar-refractivity contribution in [2.24, 2.45) is 0 Å². The predicted octanol–water partition coefficient (Wildman–Crippen LogP) is 2.62. The van der Waals surface area contributed by atoms with Crippen molar-refractivity contribution in [1.82, 2.24) is 9.97 Å². The second-order valence-corrected chi connectivity index (χ2v) is 4.13. The van der Waals surface area contributed by atoms with Crippen molar-refractivity contribution in [1.29, 1.82) is 0 Å². The number of ether oxygens (including phenoxy) is 1. The molecule has 1 fully saturated rings. The number of anilines is 1. The van der Waals surface area contributed by atoms with Gasteiger partial charge in [-0.2, -0.15) is 4.98 Å². The normalized spacial score (nSPS) is 17.1. The highest BCUT2D eigenvalue weighted by Gasteiger charge is 2.15. The molecule has 1 heterocycles. The molecule has 1 aliphatic carbocycles. The second kappa shape index (κ2) is 5.68. The van der Waals surface area contributed by atoms with Crippen LogP contribution in [0.2, 0.25) is 0 Å². The van der Waals surface area contributed by atoms with Crippen LogP contribution in [0.15, 0.2) is 12.3 Å². The van der Waals surface area contributed by atoms with Crippen LogP contribution in [0, 0.1) is 0 Å². The van der Waals surface area contributed by atoms with Crippen LogP contribution < -0.4 is 10.1 Å². The summed E-state index contributed by atoms with van der Waals surface area (Å²) in [5, 5.41) is 3.08. The third kappa shape index (κ3) is 3.08. The highest BCUT2D eigenvalue weighted by molar-refractivity contribution is 5.27. The Morgan fingerprint density at radius 1 is 1.38 bits per heavy atom. The Labute approximate surface area is 96.4 Å². The molecule has 0 bridgehead atoms. The summed E-state index contributed by atoms with van der Waals surface area (Å²) in [5.41, 5.74) is 0. The van der Waals surface area contributed by atoms with Gasteiger partial charge in [0, 0.05) is 18.8 Å². The van der Waals surface area contributed by atoms with Gasteiger partial charge in [-0.25, -0.2) is 4.98 Å². The maximum absolute atomic E-state index is 5.85. The van der Waals surface area contributed by atoms with E-state index in [-0.39, 0.29) is 0 Å². The van der Waals surface area contributed by atoms with Crippen LogP contribution in [-0.4, -0.2) is 22.6 Å². The monoisotopic (exact) mass is 221 g/mol. The number of aromatic nitrogens is 2. The standard InChI is InChI=1S/C12H19N3O/c1-2-13-12-14-9-8-11(15-12)16-10-6-4-3-5-7-10/h8-10H,2-7H2,1H3,(H,13,14,15). The molecule has 1 N–H and O–H groups in total. The Kier molecular flexibility index (Phi) is 3.97. The Morgan fingerprint density at radius 3 is 2.94 bits per heavy atom. The van der Waals surface area contributed by atoms with Crippen molar-refractivity contribution in [3.63, 3.8) is 0 Å². The lowest BCUT2D eigenvalue weighted by molar-refractivity contribution is 0.148. The number of hydrogen-bond donors (Lipinski definition) is 1. The molecule has 1 aromatic heterocycles. The van der Waals surface area contributed by atoms with E-state index in [0.717, 1.165) is 19.4 Å². The smallest absolute Gasteiger partial charge is 0.225 e. The summed E-state index contributed by atoms with van der Waals surface area (Å²) in [6.07, 6.45) is 8.28. The summed E-state index contributed by atoms with van der Waals surface area (Å²) in [4.78, 5) is 8.43. The third-order valence-electron chi connectivity index (χ3n) is 2.80. The van der Waals surface area contributed by atoms with Crippen LogP contribution in [0.1, 0.15) is 39.0 Å². The molecule has 1 aromatic rings. The molecule has 0 aliphatic heterocycles. The Bertz CT molecular complexity index is 324. The maximum atomic E-state index is 5.85. The first kappa shape index (κ1) is 11.2. The molecule has 0 saturated heterocycles. The third-order valence-corrected chi connectivity index (χ3v) is 2.80. The van der Waals surface area contributed by atoms with Gasteiger partial charge in [-0.05, 0) is 32.6 Å². The molecule has 16 heavy (non-hydrogen) atoms. The number of nitrogens with zero attached hydrogens (tertiary/aromatic N) is 2. The number of hydrogen-bond acceptors (Lipinski definition) is 4. The fraction of sp³-hybridized carbons (Fsp3) is 0.667. The summed E-state index contributed by atoms with van der Waals surface area (Å²) >= 11 is 0. The first-order chi connectivity index (χ1) is 7.88. The minimum Gasteiger partial charge on any atom is -0.474 e. The van der Waals surface area contributed by atoms with Crippen molar-refractivity contribution >= 4 is 5.95 Å². The Balaban J connectivity index is 1.94.